The standard InChI is InChI=1S/C9H11FO3S/c1-7(14(10,11)12)8-4-3-5-9(6-8)13-2/h3-7H,1-2H3. The summed E-state index contributed by atoms with van der Waals surface area (Å²) in [5, 5.41) is -1.16. The molecule has 0 aliphatic rings. The van der Waals surface area contributed by atoms with Crippen LogP contribution in [-0.2, 0) is 10.2 Å². The van der Waals surface area contributed by atoms with Crippen molar-refractivity contribution in [2.24, 2.45) is 0 Å². The topological polar surface area (TPSA) is 43.4 Å². The van der Waals surface area contributed by atoms with Gasteiger partial charge >= 0.3 is 10.2 Å². The molecule has 0 aromatic heterocycles. The van der Waals surface area contributed by atoms with E-state index in [2.05, 4.69) is 0 Å². The Balaban J connectivity index is 3.08. The van der Waals surface area contributed by atoms with Crippen LogP contribution in [0.5, 0.6) is 5.75 Å². The second kappa shape index (κ2) is 3.96. The van der Waals surface area contributed by atoms with Gasteiger partial charge in [0.15, 0.2) is 0 Å². The third kappa shape index (κ3) is 2.45. The van der Waals surface area contributed by atoms with Crippen LogP contribution in [0.4, 0.5) is 3.89 Å². The van der Waals surface area contributed by atoms with E-state index >= 15 is 0 Å². The number of methoxy groups -OCH3 is 1. The Hall–Kier alpha value is -1.10. The van der Waals surface area contributed by atoms with Gasteiger partial charge in [-0.15, -0.1) is 3.89 Å². The first-order valence-corrected chi connectivity index (χ1v) is 5.47. The largest absolute Gasteiger partial charge is 0.497 e. The molecule has 0 saturated carbocycles. The van der Waals surface area contributed by atoms with E-state index < -0.39 is 15.5 Å². The van der Waals surface area contributed by atoms with Gasteiger partial charge in [0.1, 0.15) is 11.0 Å². The normalized spacial score (nSPS) is 13.6. The lowest BCUT2D eigenvalue weighted by molar-refractivity contribution is 0.414. The summed E-state index contributed by atoms with van der Waals surface area (Å²) < 4.78 is 38.8. The van der Waals surface area contributed by atoms with Crippen LogP contribution in [0.25, 0.3) is 0 Å². The maximum absolute atomic E-state index is 12.6. The highest BCUT2D eigenvalue weighted by molar-refractivity contribution is 7.86. The first-order valence-electron chi connectivity index (χ1n) is 4.02. The molecule has 0 fully saturated rings. The zero-order valence-electron chi connectivity index (χ0n) is 7.90. The summed E-state index contributed by atoms with van der Waals surface area (Å²) in [6.07, 6.45) is 0. The zero-order chi connectivity index (χ0) is 10.8. The highest BCUT2D eigenvalue weighted by atomic mass is 32.3. The lowest BCUT2D eigenvalue weighted by Gasteiger charge is -2.08. The fourth-order valence-corrected chi connectivity index (χ4v) is 1.53. The van der Waals surface area contributed by atoms with Crippen LogP contribution in [0, 0.1) is 0 Å². The average Bonchev–Trinajstić information content (AvgIpc) is 2.15. The fraction of sp³-hybridized carbons (Fsp3) is 0.333. The van der Waals surface area contributed by atoms with Gasteiger partial charge in [-0.05, 0) is 24.6 Å². The molecule has 5 heteroatoms. The maximum atomic E-state index is 12.6. The third-order valence-corrected chi connectivity index (χ3v) is 3.10. The summed E-state index contributed by atoms with van der Waals surface area (Å²) in [5.74, 6) is 0.512. The molecule has 0 N–H and O–H groups in total. The molecule has 3 nitrogen and oxygen atoms in total. The third-order valence-electron chi connectivity index (χ3n) is 1.99. The number of hydrogen-bond donors (Lipinski definition) is 0. The molecule has 0 aliphatic carbocycles. The molecular weight excluding hydrogens is 207 g/mol. The van der Waals surface area contributed by atoms with Crippen molar-refractivity contribution in [1.82, 2.24) is 0 Å². The summed E-state index contributed by atoms with van der Waals surface area (Å²) in [6, 6.07) is 6.34. The molecular formula is C9H11FO3S. The summed E-state index contributed by atoms with van der Waals surface area (Å²) >= 11 is 0. The predicted octanol–water partition coefficient (Wildman–Crippen LogP) is 2.06. The van der Waals surface area contributed by atoms with E-state index in [4.69, 9.17) is 4.74 Å². The first kappa shape index (κ1) is 11.0. The molecule has 1 atom stereocenters. The van der Waals surface area contributed by atoms with Crippen molar-refractivity contribution < 1.29 is 17.0 Å². The smallest absolute Gasteiger partial charge is 0.309 e. The molecule has 0 radical (unpaired) electrons. The van der Waals surface area contributed by atoms with Crippen LogP contribution in [0.15, 0.2) is 24.3 Å². The van der Waals surface area contributed by atoms with Crippen molar-refractivity contribution in [2.45, 2.75) is 12.2 Å². The Morgan fingerprint density at radius 1 is 1.43 bits per heavy atom. The van der Waals surface area contributed by atoms with Gasteiger partial charge in [0.05, 0.1) is 7.11 Å². The Morgan fingerprint density at radius 3 is 2.57 bits per heavy atom. The second-order valence-corrected chi connectivity index (χ2v) is 4.55. The molecule has 1 aromatic rings. The monoisotopic (exact) mass is 218 g/mol. The molecule has 0 amide bonds. The minimum atomic E-state index is -4.54. The van der Waals surface area contributed by atoms with Gasteiger partial charge in [-0.1, -0.05) is 12.1 Å². The molecule has 1 aromatic carbocycles. The Bertz CT molecular complexity index is 414. The van der Waals surface area contributed by atoms with Crippen molar-refractivity contribution in [1.29, 1.82) is 0 Å². The SMILES string of the molecule is COc1cccc(C(C)S(=O)(=O)F)c1. The second-order valence-electron chi connectivity index (χ2n) is 2.89. The van der Waals surface area contributed by atoms with Crippen LogP contribution in [0.1, 0.15) is 17.7 Å². The number of ether oxygens (including phenoxy) is 1. The molecule has 1 unspecified atom stereocenters. The van der Waals surface area contributed by atoms with Gasteiger partial charge in [0.2, 0.25) is 0 Å². The van der Waals surface area contributed by atoms with Gasteiger partial charge in [-0.25, -0.2) is 0 Å². The number of halogens is 1. The van der Waals surface area contributed by atoms with E-state index in [0.29, 0.717) is 11.3 Å². The maximum Gasteiger partial charge on any atom is 0.309 e. The van der Waals surface area contributed by atoms with E-state index in [1.165, 1.54) is 20.1 Å². The highest BCUT2D eigenvalue weighted by Gasteiger charge is 2.21. The molecule has 14 heavy (non-hydrogen) atoms. The molecule has 0 bridgehead atoms. The summed E-state index contributed by atoms with van der Waals surface area (Å²) in [6.45, 7) is 1.30. The number of benzene rings is 1. The van der Waals surface area contributed by atoms with Crippen molar-refractivity contribution in [3.05, 3.63) is 29.8 Å². The Kier molecular flexibility index (Phi) is 3.10. The molecule has 0 spiro atoms. The van der Waals surface area contributed by atoms with Crippen molar-refractivity contribution in [2.75, 3.05) is 7.11 Å². The van der Waals surface area contributed by atoms with E-state index in [1.54, 1.807) is 18.2 Å². The number of hydrogen-bond acceptors (Lipinski definition) is 3. The van der Waals surface area contributed by atoms with Gasteiger partial charge in [-0.2, -0.15) is 8.42 Å². The van der Waals surface area contributed by atoms with Crippen molar-refractivity contribution >= 4 is 10.2 Å². The van der Waals surface area contributed by atoms with Crippen LogP contribution < -0.4 is 4.74 Å². The van der Waals surface area contributed by atoms with E-state index in [0.717, 1.165) is 0 Å². The lowest BCUT2D eigenvalue weighted by Crippen LogP contribution is -2.03. The van der Waals surface area contributed by atoms with Crippen LogP contribution in [-0.4, -0.2) is 15.5 Å². The van der Waals surface area contributed by atoms with E-state index in [1.807, 2.05) is 0 Å². The summed E-state index contributed by atoms with van der Waals surface area (Å²) in [5.41, 5.74) is 0.381. The van der Waals surface area contributed by atoms with Gasteiger partial charge < -0.3 is 4.74 Å². The van der Waals surface area contributed by atoms with E-state index in [9.17, 15) is 12.3 Å². The molecule has 0 aliphatic heterocycles. The van der Waals surface area contributed by atoms with Gasteiger partial charge in [0, 0.05) is 0 Å². The molecule has 0 heterocycles. The zero-order valence-corrected chi connectivity index (χ0v) is 8.71. The minimum absolute atomic E-state index is 0.381. The lowest BCUT2D eigenvalue weighted by atomic mass is 10.1. The molecule has 1 rings (SSSR count). The van der Waals surface area contributed by atoms with Crippen molar-refractivity contribution in [3.63, 3.8) is 0 Å². The minimum Gasteiger partial charge on any atom is -0.497 e. The molecule has 0 saturated heterocycles. The average molecular weight is 218 g/mol. The van der Waals surface area contributed by atoms with Gasteiger partial charge in [-0.3, -0.25) is 0 Å². The van der Waals surface area contributed by atoms with Crippen LogP contribution in [0.2, 0.25) is 0 Å². The molecule has 78 valence electrons. The highest BCUT2D eigenvalue weighted by Crippen LogP contribution is 2.25. The Labute approximate surface area is 82.7 Å². The number of rotatable bonds is 3. The van der Waals surface area contributed by atoms with Crippen LogP contribution in [0.3, 0.4) is 0 Å². The Morgan fingerprint density at radius 2 is 2.07 bits per heavy atom. The first-order chi connectivity index (χ1) is 6.45. The van der Waals surface area contributed by atoms with Crippen LogP contribution >= 0.6 is 0 Å². The van der Waals surface area contributed by atoms with Gasteiger partial charge in [0.25, 0.3) is 0 Å². The fourth-order valence-electron chi connectivity index (χ4n) is 1.06. The van der Waals surface area contributed by atoms with Crippen molar-refractivity contribution in [3.8, 4) is 5.75 Å². The predicted molar refractivity (Wildman–Crippen MR) is 51.4 cm³/mol. The summed E-state index contributed by atoms with van der Waals surface area (Å²) in [4.78, 5) is 0. The summed E-state index contributed by atoms with van der Waals surface area (Å²) in [7, 11) is -3.07. The quantitative estimate of drug-likeness (QED) is 0.729. The van der Waals surface area contributed by atoms with E-state index in [-0.39, 0.29) is 0 Å².